The van der Waals surface area contributed by atoms with Crippen LogP contribution in [0.1, 0.15) is 46.5 Å². The van der Waals surface area contributed by atoms with E-state index in [1.807, 2.05) is 36.4 Å². The molecule has 2 rings (SSSR count). The predicted molar refractivity (Wildman–Crippen MR) is 89.6 cm³/mol. The van der Waals surface area contributed by atoms with Crippen molar-refractivity contribution in [1.82, 2.24) is 0 Å². The number of aldehydes is 1. The molecule has 0 spiro atoms. The monoisotopic (exact) mass is 292 g/mol. The summed E-state index contributed by atoms with van der Waals surface area (Å²) in [5.74, 6) is 7.24. The molecule has 22 heavy (non-hydrogen) atoms. The molecular formula is C20H20O2. The van der Waals surface area contributed by atoms with Crippen LogP contribution >= 0.6 is 0 Å². The molecule has 0 unspecified atom stereocenters. The van der Waals surface area contributed by atoms with Gasteiger partial charge in [-0.3, -0.25) is 4.79 Å². The Morgan fingerprint density at radius 3 is 2.23 bits per heavy atom. The molecule has 0 amide bonds. The van der Waals surface area contributed by atoms with Crippen molar-refractivity contribution in [3.05, 3.63) is 64.2 Å². The number of ether oxygens (including phenoxy) is 1. The average molecular weight is 292 g/mol. The molecule has 0 N–H and O–H groups in total. The molecule has 0 aliphatic rings. The standard InChI is InChI=1S/C20H20O2/c1-4-16-13-19(14-21)17(5-2)12-18(16)9-6-15-7-10-20(22-3)11-8-15/h7-8,10-14H,4-5H2,1-3H3. The molecule has 0 radical (unpaired) electrons. The predicted octanol–water partition coefficient (Wildman–Crippen LogP) is 4.03. The van der Waals surface area contributed by atoms with Gasteiger partial charge in [-0.1, -0.05) is 25.7 Å². The summed E-state index contributed by atoms with van der Waals surface area (Å²) in [6.45, 7) is 4.13. The maximum absolute atomic E-state index is 11.2. The number of rotatable bonds is 4. The van der Waals surface area contributed by atoms with Gasteiger partial charge < -0.3 is 4.74 Å². The van der Waals surface area contributed by atoms with Crippen LogP contribution < -0.4 is 4.74 Å². The quantitative estimate of drug-likeness (QED) is 0.628. The first-order chi connectivity index (χ1) is 10.7. The number of methoxy groups -OCH3 is 1. The van der Waals surface area contributed by atoms with Crippen LogP contribution in [0, 0.1) is 11.8 Å². The van der Waals surface area contributed by atoms with Crippen LogP contribution in [0.25, 0.3) is 0 Å². The van der Waals surface area contributed by atoms with Gasteiger partial charge in [0, 0.05) is 16.7 Å². The number of aryl methyl sites for hydroxylation is 2. The molecule has 0 aromatic heterocycles. The van der Waals surface area contributed by atoms with Crippen molar-refractivity contribution >= 4 is 6.29 Å². The van der Waals surface area contributed by atoms with E-state index < -0.39 is 0 Å². The van der Waals surface area contributed by atoms with Crippen LogP contribution in [0.3, 0.4) is 0 Å². The van der Waals surface area contributed by atoms with Crippen LogP contribution in [-0.4, -0.2) is 13.4 Å². The fourth-order valence-corrected chi connectivity index (χ4v) is 2.35. The van der Waals surface area contributed by atoms with Crippen molar-refractivity contribution in [2.75, 3.05) is 7.11 Å². The van der Waals surface area contributed by atoms with Crippen molar-refractivity contribution in [3.8, 4) is 17.6 Å². The average Bonchev–Trinajstić information content (AvgIpc) is 2.59. The highest BCUT2D eigenvalue weighted by Gasteiger charge is 2.06. The van der Waals surface area contributed by atoms with Gasteiger partial charge in [0.1, 0.15) is 12.0 Å². The van der Waals surface area contributed by atoms with Gasteiger partial charge in [-0.05, 0) is 60.4 Å². The molecule has 0 saturated carbocycles. The normalized spacial score (nSPS) is 9.77. The molecule has 0 bridgehead atoms. The van der Waals surface area contributed by atoms with E-state index in [-0.39, 0.29) is 0 Å². The Morgan fingerprint density at radius 1 is 1.00 bits per heavy atom. The fraction of sp³-hybridized carbons (Fsp3) is 0.250. The topological polar surface area (TPSA) is 26.3 Å². The highest BCUT2D eigenvalue weighted by molar-refractivity contribution is 5.78. The van der Waals surface area contributed by atoms with Gasteiger partial charge in [0.25, 0.3) is 0 Å². The molecule has 0 aliphatic heterocycles. The highest BCUT2D eigenvalue weighted by Crippen LogP contribution is 2.17. The minimum Gasteiger partial charge on any atom is -0.497 e. The summed E-state index contributed by atoms with van der Waals surface area (Å²) in [6, 6.07) is 11.7. The Kier molecular flexibility index (Phi) is 5.38. The maximum atomic E-state index is 11.2. The second-order valence-corrected chi connectivity index (χ2v) is 5.01. The van der Waals surface area contributed by atoms with Gasteiger partial charge in [0.2, 0.25) is 0 Å². The lowest BCUT2D eigenvalue weighted by Gasteiger charge is -2.08. The Balaban J connectivity index is 2.39. The summed E-state index contributed by atoms with van der Waals surface area (Å²) in [5, 5.41) is 0. The summed E-state index contributed by atoms with van der Waals surface area (Å²) in [4.78, 5) is 11.2. The van der Waals surface area contributed by atoms with E-state index in [0.29, 0.717) is 0 Å². The summed E-state index contributed by atoms with van der Waals surface area (Å²) in [5.41, 5.74) is 4.88. The van der Waals surface area contributed by atoms with E-state index in [1.165, 1.54) is 0 Å². The lowest BCUT2D eigenvalue weighted by molar-refractivity contribution is 0.112. The molecule has 112 valence electrons. The number of hydrogen-bond donors (Lipinski definition) is 0. The highest BCUT2D eigenvalue weighted by atomic mass is 16.5. The van der Waals surface area contributed by atoms with Gasteiger partial charge >= 0.3 is 0 Å². The van der Waals surface area contributed by atoms with E-state index >= 15 is 0 Å². The Bertz CT molecular complexity index is 716. The summed E-state index contributed by atoms with van der Waals surface area (Å²) in [6.07, 6.45) is 2.62. The number of carbonyl (C=O) groups excluding carboxylic acids is 1. The second kappa shape index (κ2) is 7.47. The Morgan fingerprint density at radius 2 is 1.68 bits per heavy atom. The van der Waals surface area contributed by atoms with Crippen LogP contribution in [0.15, 0.2) is 36.4 Å². The first-order valence-corrected chi connectivity index (χ1v) is 7.48. The van der Waals surface area contributed by atoms with Crippen molar-refractivity contribution < 1.29 is 9.53 Å². The van der Waals surface area contributed by atoms with E-state index in [1.54, 1.807) is 7.11 Å². The van der Waals surface area contributed by atoms with Crippen LogP contribution in [0.4, 0.5) is 0 Å². The van der Waals surface area contributed by atoms with Gasteiger partial charge in [0.15, 0.2) is 0 Å². The third-order valence-electron chi connectivity index (χ3n) is 3.69. The molecule has 2 heteroatoms. The van der Waals surface area contributed by atoms with E-state index in [9.17, 15) is 4.79 Å². The largest absolute Gasteiger partial charge is 0.497 e. The minimum atomic E-state index is 0.773. The van der Waals surface area contributed by atoms with E-state index in [2.05, 4.69) is 25.7 Å². The van der Waals surface area contributed by atoms with E-state index in [4.69, 9.17) is 4.74 Å². The minimum absolute atomic E-state index is 0.773. The summed E-state index contributed by atoms with van der Waals surface area (Å²) in [7, 11) is 1.65. The van der Waals surface area contributed by atoms with Crippen molar-refractivity contribution in [2.45, 2.75) is 26.7 Å². The van der Waals surface area contributed by atoms with Gasteiger partial charge in [-0.2, -0.15) is 0 Å². The SMILES string of the molecule is CCc1cc(C=O)c(CC)cc1C#Cc1ccc(OC)cc1. The van der Waals surface area contributed by atoms with Crippen LogP contribution in [0.5, 0.6) is 5.75 Å². The van der Waals surface area contributed by atoms with Crippen molar-refractivity contribution in [1.29, 1.82) is 0 Å². The molecule has 2 nitrogen and oxygen atoms in total. The number of benzene rings is 2. The Labute approximate surface area is 132 Å². The zero-order valence-corrected chi connectivity index (χ0v) is 13.3. The number of hydrogen-bond acceptors (Lipinski definition) is 2. The van der Waals surface area contributed by atoms with Crippen molar-refractivity contribution in [2.24, 2.45) is 0 Å². The number of carbonyl (C=O) groups is 1. The van der Waals surface area contributed by atoms with Crippen molar-refractivity contribution in [3.63, 3.8) is 0 Å². The molecule has 2 aromatic carbocycles. The van der Waals surface area contributed by atoms with Crippen LogP contribution in [0.2, 0.25) is 0 Å². The molecule has 0 atom stereocenters. The zero-order valence-electron chi connectivity index (χ0n) is 13.3. The molecule has 0 heterocycles. The zero-order chi connectivity index (χ0) is 15.9. The third kappa shape index (κ3) is 3.56. The molecule has 0 aliphatic carbocycles. The fourth-order valence-electron chi connectivity index (χ4n) is 2.35. The summed E-state index contributed by atoms with van der Waals surface area (Å²) < 4.78 is 5.14. The molecule has 0 fully saturated rings. The first kappa shape index (κ1) is 15.9. The molecule has 0 saturated heterocycles. The molecule has 2 aromatic rings. The first-order valence-electron chi connectivity index (χ1n) is 7.48. The van der Waals surface area contributed by atoms with Gasteiger partial charge in [0.05, 0.1) is 7.11 Å². The van der Waals surface area contributed by atoms with E-state index in [0.717, 1.165) is 52.7 Å². The lowest BCUT2D eigenvalue weighted by Crippen LogP contribution is -1.97. The van der Waals surface area contributed by atoms with Gasteiger partial charge in [-0.25, -0.2) is 0 Å². The van der Waals surface area contributed by atoms with Gasteiger partial charge in [-0.15, -0.1) is 0 Å². The van der Waals surface area contributed by atoms with Crippen LogP contribution in [-0.2, 0) is 12.8 Å². The smallest absolute Gasteiger partial charge is 0.150 e. The lowest BCUT2D eigenvalue weighted by atomic mass is 9.96. The maximum Gasteiger partial charge on any atom is 0.150 e. The third-order valence-corrected chi connectivity index (χ3v) is 3.69. The molecular weight excluding hydrogens is 272 g/mol. The Hall–Kier alpha value is -2.53. The second-order valence-electron chi connectivity index (χ2n) is 5.01. The summed E-state index contributed by atoms with van der Waals surface area (Å²) >= 11 is 0.